The molecule has 1 amide bonds. The fourth-order valence-corrected chi connectivity index (χ4v) is 5.44. The minimum absolute atomic E-state index is 0.105. The van der Waals surface area contributed by atoms with Gasteiger partial charge < -0.3 is 24.6 Å². The van der Waals surface area contributed by atoms with E-state index in [-0.39, 0.29) is 24.5 Å². The number of carbonyl (C=O) groups is 2. The third-order valence-electron chi connectivity index (χ3n) is 5.94. The second-order valence-corrected chi connectivity index (χ2v) is 10.4. The number of aromatic nitrogens is 4. The summed E-state index contributed by atoms with van der Waals surface area (Å²) in [5, 5.41) is 23.6. The first kappa shape index (κ1) is 25.1. The molecule has 0 saturated carbocycles. The molecule has 0 aliphatic carbocycles. The Hall–Kier alpha value is -3.55. The molecule has 1 aromatic carbocycles. The number of ether oxygens (including phenoxy) is 1. The van der Waals surface area contributed by atoms with E-state index in [1.54, 1.807) is 38.0 Å². The van der Waals surface area contributed by atoms with Gasteiger partial charge in [0.1, 0.15) is 15.7 Å². The molecule has 1 aliphatic rings. The summed E-state index contributed by atoms with van der Waals surface area (Å²) in [5.74, 6) is -0.320. The van der Waals surface area contributed by atoms with Gasteiger partial charge in [-0.25, -0.2) is 9.78 Å². The maximum atomic E-state index is 12.7. The number of hydrogen-bond acceptors (Lipinski definition) is 10. The first-order chi connectivity index (χ1) is 17.7. The van der Waals surface area contributed by atoms with Crippen LogP contribution < -0.4 is 5.32 Å². The van der Waals surface area contributed by atoms with Gasteiger partial charge in [0.05, 0.1) is 11.1 Å². The van der Waals surface area contributed by atoms with Crippen molar-refractivity contribution in [3.63, 3.8) is 0 Å². The molecule has 0 radical (unpaired) electrons. The zero-order valence-electron chi connectivity index (χ0n) is 20.2. The molecule has 11 nitrogen and oxygen atoms in total. The van der Waals surface area contributed by atoms with E-state index in [1.807, 2.05) is 24.3 Å². The van der Waals surface area contributed by atoms with Crippen LogP contribution in [0.25, 0.3) is 21.8 Å². The number of esters is 1. The van der Waals surface area contributed by atoms with Crippen LogP contribution in [0.15, 0.2) is 45.5 Å². The van der Waals surface area contributed by atoms with E-state index in [1.165, 1.54) is 16.2 Å². The molecule has 0 unspecified atom stereocenters. The van der Waals surface area contributed by atoms with Gasteiger partial charge in [0, 0.05) is 50.5 Å². The number of carbonyl (C=O) groups excluding carboxylic acids is 2. The number of rotatable bonds is 7. The normalized spacial score (nSPS) is 17.4. The Kier molecular flexibility index (Phi) is 6.60. The fourth-order valence-electron chi connectivity index (χ4n) is 4.02. The Balaban J connectivity index is 1.48. The molecule has 13 heteroatoms. The van der Waals surface area contributed by atoms with Gasteiger partial charge in [-0.1, -0.05) is 34.7 Å². The van der Waals surface area contributed by atoms with Crippen LogP contribution in [0.1, 0.15) is 29.6 Å². The minimum Gasteiger partial charge on any atom is -0.461 e. The van der Waals surface area contributed by atoms with Crippen LogP contribution >= 0.6 is 27.3 Å². The Morgan fingerprint density at radius 2 is 2.11 bits per heavy atom. The number of likely N-dealkylation sites (tertiary alicyclic amines) is 1. The molecule has 192 valence electrons. The number of aliphatic hydroxyl groups is 1. The minimum atomic E-state index is -1.72. The molecule has 4 heterocycles. The molecule has 1 saturated heterocycles. The first-order valence-corrected chi connectivity index (χ1v) is 13.0. The highest BCUT2D eigenvalue weighted by Gasteiger charge is 2.48. The number of nitrogens with one attached hydrogen (secondary N) is 1. The molecule has 37 heavy (non-hydrogen) atoms. The van der Waals surface area contributed by atoms with Crippen LogP contribution in [0.4, 0.5) is 10.8 Å². The van der Waals surface area contributed by atoms with E-state index < -0.39 is 17.5 Å². The van der Waals surface area contributed by atoms with Crippen molar-refractivity contribution in [2.75, 3.05) is 25.5 Å². The molecule has 1 aliphatic heterocycles. The Labute approximate surface area is 224 Å². The average Bonchev–Trinajstić information content (AvgIpc) is 3.65. The predicted octanol–water partition coefficient (Wildman–Crippen LogP) is 3.93. The van der Waals surface area contributed by atoms with Crippen molar-refractivity contribution in [3.05, 3.63) is 52.5 Å². The Morgan fingerprint density at radius 3 is 2.78 bits per heavy atom. The van der Waals surface area contributed by atoms with E-state index in [4.69, 9.17) is 9.26 Å². The largest absolute Gasteiger partial charge is 0.461 e. The van der Waals surface area contributed by atoms with Gasteiger partial charge >= 0.3 is 5.97 Å². The van der Waals surface area contributed by atoms with Gasteiger partial charge in [0.25, 0.3) is 5.91 Å². The summed E-state index contributed by atoms with van der Waals surface area (Å²) in [6.07, 6.45) is 2.02. The zero-order valence-corrected chi connectivity index (χ0v) is 22.6. The summed E-state index contributed by atoms with van der Waals surface area (Å²) in [7, 11) is 3.43. The third kappa shape index (κ3) is 4.65. The van der Waals surface area contributed by atoms with Crippen molar-refractivity contribution in [1.29, 1.82) is 0 Å². The second-order valence-electron chi connectivity index (χ2n) is 8.54. The van der Waals surface area contributed by atoms with Crippen LogP contribution in [0, 0.1) is 0 Å². The number of halogens is 1. The Morgan fingerprint density at radius 1 is 1.32 bits per heavy atom. The Bertz CT molecular complexity index is 1500. The van der Waals surface area contributed by atoms with Crippen LogP contribution in [-0.4, -0.2) is 62.0 Å². The lowest BCUT2D eigenvalue weighted by molar-refractivity contribution is -0.144. The van der Waals surface area contributed by atoms with Gasteiger partial charge in [-0.2, -0.15) is 5.10 Å². The van der Waals surface area contributed by atoms with E-state index in [0.717, 1.165) is 10.0 Å². The number of hydrogen-bond donors (Lipinski definition) is 2. The number of anilines is 2. The van der Waals surface area contributed by atoms with Crippen LogP contribution in [0.5, 0.6) is 0 Å². The van der Waals surface area contributed by atoms with E-state index in [0.29, 0.717) is 33.6 Å². The van der Waals surface area contributed by atoms with Crippen LogP contribution in [0.2, 0.25) is 0 Å². The van der Waals surface area contributed by atoms with Crippen molar-refractivity contribution in [2.24, 2.45) is 7.05 Å². The first-order valence-electron chi connectivity index (χ1n) is 11.4. The summed E-state index contributed by atoms with van der Waals surface area (Å²) in [6.45, 7) is 2.38. The van der Waals surface area contributed by atoms with E-state index in [9.17, 15) is 14.7 Å². The zero-order chi connectivity index (χ0) is 26.3. The van der Waals surface area contributed by atoms with Gasteiger partial charge in [-0.05, 0) is 28.9 Å². The molecule has 0 spiro atoms. The highest BCUT2D eigenvalue weighted by atomic mass is 79.9. The van der Waals surface area contributed by atoms with Crippen molar-refractivity contribution >= 4 is 50.0 Å². The van der Waals surface area contributed by atoms with Crippen LogP contribution in [0.3, 0.4) is 0 Å². The highest BCUT2D eigenvalue weighted by molar-refractivity contribution is 9.10. The topological polar surface area (TPSA) is 136 Å². The second kappa shape index (κ2) is 9.72. The van der Waals surface area contributed by atoms with Gasteiger partial charge in [-0.3, -0.25) is 9.48 Å². The molecule has 5 rings (SSSR count). The van der Waals surface area contributed by atoms with Gasteiger partial charge in [0.2, 0.25) is 5.60 Å². The lowest BCUT2D eigenvalue weighted by Crippen LogP contribution is -2.35. The maximum absolute atomic E-state index is 12.7. The van der Waals surface area contributed by atoms with Crippen molar-refractivity contribution in [3.8, 4) is 21.8 Å². The summed E-state index contributed by atoms with van der Waals surface area (Å²) < 4.78 is 13.0. The number of aryl methyl sites for hydroxylation is 1. The molecule has 1 atom stereocenters. The quantitative estimate of drug-likeness (QED) is 0.308. The SMILES string of the molecule is CCOC(=O)c1nc(-c2cccc(-c3cc([C@]4(O)CCN(C)C4=O)on3)c2)sc1Nc1nn(C)cc1Br. The molecule has 3 aromatic heterocycles. The smallest absolute Gasteiger partial charge is 0.360 e. The van der Waals surface area contributed by atoms with E-state index in [2.05, 4.69) is 36.5 Å². The average molecular weight is 587 g/mol. The van der Waals surface area contributed by atoms with Crippen molar-refractivity contribution in [2.45, 2.75) is 18.9 Å². The molecule has 1 fully saturated rings. The molecule has 0 bridgehead atoms. The summed E-state index contributed by atoms with van der Waals surface area (Å²) >= 11 is 4.74. The van der Waals surface area contributed by atoms with Crippen LogP contribution in [-0.2, 0) is 22.2 Å². The summed E-state index contributed by atoms with van der Waals surface area (Å²) in [5.41, 5.74) is 0.331. The maximum Gasteiger partial charge on any atom is 0.360 e. The molecular weight excluding hydrogens is 564 g/mol. The summed E-state index contributed by atoms with van der Waals surface area (Å²) in [6, 6.07) is 8.95. The monoisotopic (exact) mass is 586 g/mol. The molecule has 4 aromatic rings. The van der Waals surface area contributed by atoms with E-state index >= 15 is 0 Å². The third-order valence-corrected chi connectivity index (χ3v) is 7.54. The lowest BCUT2D eigenvalue weighted by atomic mass is 9.98. The van der Waals surface area contributed by atoms with Gasteiger partial charge in [-0.15, -0.1) is 0 Å². The lowest BCUT2D eigenvalue weighted by Gasteiger charge is -2.16. The fraction of sp³-hybridized carbons (Fsp3) is 0.292. The standard InChI is InChI=1S/C24H23BrN6O5S/c1-4-35-22(32)18-21(27-19-15(25)12-31(3)28-19)37-20(26-18)14-7-5-6-13(10-14)16-11-17(36-29-16)24(34)8-9-30(2)23(24)33/h5-7,10-12,34H,4,8-9H2,1-3H3,(H,27,28)/t24-/m1/s1. The highest BCUT2D eigenvalue weighted by Crippen LogP contribution is 2.38. The van der Waals surface area contributed by atoms with Gasteiger partial charge in [0.15, 0.2) is 17.3 Å². The number of thiazole rings is 1. The number of nitrogens with zero attached hydrogens (tertiary/aromatic N) is 5. The number of likely N-dealkylation sites (N-methyl/N-ethyl adjacent to an activating group) is 1. The van der Waals surface area contributed by atoms with Crippen molar-refractivity contribution < 1.29 is 24.0 Å². The predicted molar refractivity (Wildman–Crippen MR) is 139 cm³/mol. The summed E-state index contributed by atoms with van der Waals surface area (Å²) in [4.78, 5) is 31.1. The molecule has 2 N–H and O–H groups in total. The van der Waals surface area contributed by atoms with Crippen molar-refractivity contribution in [1.82, 2.24) is 24.8 Å². The number of benzene rings is 1. The molecular formula is C24H23BrN6O5S. The number of amides is 1.